The highest BCUT2D eigenvalue weighted by Crippen LogP contribution is 2.06. The Kier molecular flexibility index (Phi) is 7.23. The van der Waals surface area contributed by atoms with Crippen LogP contribution < -0.4 is 10.6 Å². The molecule has 1 amide bonds. The SMILES string of the molecule is CC(C)NCCCC(=O)NC(C)Cc1ccc(F)cc1. The van der Waals surface area contributed by atoms with Crippen LogP contribution in [0.3, 0.4) is 0 Å². The van der Waals surface area contributed by atoms with Crippen molar-refractivity contribution in [2.24, 2.45) is 0 Å². The first-order valence-corrected chi connectivity index (χ1v) is 7.24. The highest BCUT2D eigenvalue weighted by molar-refractivity contribution is 5.76. The molecule has 0 aliphatic carbocycles. The lowest BCUT2D eigenvalue weighted by Crippen LogP contribution is -2.34. The monoisotopic (exact) mass is 280 g/mol. The summed E-state index contributed by atoms with van der Waals surface area (Å²) < 4.78 is 12.8. The molecule has 0 aromatic heterocycles. The lowest BCUT2D eigenvalue weighted by atomic mass is 10.1. The smallest absolute Gasteiger partial charge is 0.220 e. The van der Waals surface area contributed by atoms with E-state index in [1.54, 1.807) is 12.1 Å². The Bertz CT molecular complexity index is 403. The summed E-state index contributed by atoms with van der Waals surface area (Å²) in [5.74, 6) is -0.159. The van der Waals surface area contributed by atoms with E-state index in [0.29, 0.717) is 12.5 Å². The summed E-state index contributed by atoms with van der Waals surface area (Å²) in [6.07, 6.45) is 2.09. The van der Waals surface area contributed by atoms with Crippen LogP contribution in [-0.4, -0.2) is 24.5 Å². The zero-order valence-electron chi connectivity index (χ0n) is 12.6. The number of carbonyl (C=O) groups is 1. The molecule has 1 atom stereocenters. The van der Waals surface area contributed by atoms with Crippen LogP contribution in [0.2, 0.25) is 0 Å². The number of benzene rings is 1. The summed E-state index contributed by atoms with van der Waals surface area (Å²) in [7, 11) is 0. The van der Waals surface area contributed by atoms with Gasteiger partial charge in [0.05, 0.1) is 0 Å². The van der Waals surface area contributed by atoms with E-state index in [-0.39, 0.29) is 17.8 Å². The van der Waals surface area contributed by atoms with Crippen LogP contribution in [-0.2, 0) is 11.2 Å². The van der Waals surface area contributed by atoms with Crippen molar-refractivity contribution in [1.29, 1.82) is 0 Å². The zero-order chi connectivity index (χ0) is 15.0. The van der Waals surface area contributed by atoms with Gasteiger partial charge in [-0.15, -0.1) is 0 Å². The van der Waals surface area contributed by atoms with Crippen molar-refractivity contribution < 1.29 is 9.18 Å². The molecule has 0 radical (unpaired) electrons. The lowest BCUT2D eigenvalue weighted by molar-refractivity contribution is -0.121. The van der Waals surface area contributed by atoms with Crippen LogP contribution in [0.1, 0.15) is 39.2 Å². The van der Waals surface area contributed by atoms with Crippen molar-refractivity contribution in [3.63, 3.8) is 0 Å². The Morgan fingerprint density at radius 2 is 1.85 bits per heavy atom. The first-order valence-electron chi connectivity index (χ1n) is 7.24. The molecule has 0 fully saturated rings. The largest absolute Gasteiger partial charge is 0.353 e. The highest BCUT2D eigenvalue weighted by Gasteiger charge is 2.08. The van der Waals surface area contributed by atoms with Crippen LogP contribution in [0, 0.1) is 5.82 Å². The molecular weight excluding hydrogens is 255 g/mol. The molecule has 3 nitrogen and oxygen atoms in total. The number of carbonyl (C=O) groups excluding carboxylic acids is 1. The standard InChI is InChI=1S/C16H25FN2O/c1-12(2)18-10-4-5-16(20)19-13(3)11-14-6-8-15(17)9-7-14/h6-9,12-13,18H,4-5,10-11H2,1-3H3,(H,19,20). The van der Waals surface area contributed by atoms with Crippen molar-refractivity contribution in [2.45, 2.75) is 52.1 Å². The maximum Gasteiger partial charge on any atom is 0.220 e. The second-order valence-electron chi connectivity index (χ2n) is 5.51. The van der Waals surface area contributed by atoms with Gasteiger partial charge in [0.15, 0.2) is 0 Å². The van der Waals surface area contributed by atoms with Gasteiger partial charge in [-0.3, -0.25) is 4.79 Å². The van der Waals surface area contributed by atoms with Crippen molar-refractivity contribution >= 4 is 5.91 Å². The molecule has 2 N–H and O–H groups in total. The molecule has 1 rings (SSSR count). The maximum absolute atomic E-state index is 12.8. The van der Waals surface area contributed by atoms with E-state index in [2.05, 4.69) is 24.5 Å². The fourth-order valence-corrected chi connectivity index (χ4v) is 2.01. The summed E-state index contributed by atoms with van der Waals surface area (Å²) >= 11 is 0. The number of hydrogen-bond acceptors (Lipinski definition) is 2. The van der Waals surface area contributed by atoms with Gasteiger partial charge in [-0.25, -0.2) is 4.39 Å². The van der Waals surface area contributed by atoms with E-state index in [9.17, 15) is 9.18 Å². The number of halogens is 1. The second-order valence-corrected chi connectivity index (χ2v) is 5.51. The normalized spacial score (nSPS) is 12.4. The predicted molar refractivity (Wildman–Crippen MR) is 80.1 cm³/mol. The number of amides is 1. The third-order valence-corrected chi connectivity index (χ3v) is 3.00. The molecule has 0 bridgehead atoms. The average molecular weight is 280 g/mol. The second kappa shape index (κ2) is 8.69. The first-order chi connectivity index (χ1) is 9.47. The number of nitrogens with one attached hydrogen (secondary N) is 2. The third-order valence-electron chi connectivity index (χ3n) is 3.00. The van der Waals surface area contributed by atoms with Gasteiger partial charge in [0.2, 0.25) is 5.91 Å². The van der Waals surface area contributed by atoms with E-state index in [0.717, 1.165) is 24.9 Å². The minimum Gasteiger partial charge on any atom is -0.353 e. The van der Waals surface area contributed by atoms with Gasteiger partial charge in [0, 0.05) is 18.5 Å². The topological polar surface area (TPSA) is 41.1 Å². The fourth-order valence-electron chi connectivity index (χ4n) is 2.01. The van der Waals surface area contributed by atoms with Crippen LogP contribution in [0.4, 0.5) is 4.39 Å². The average Bonchev–Trinajstić information content (AvgIpc) is 2.37. The van der Waals surface area contributed by atoms with Crippen LogP contribution in [0.25, 0.3) is 0 Å². The summed E-state index contributed by atoms with van der Waals surface area (Å²) in [5.41, 5.74) is 1.03. The molecule has 0 aliphatic heterocycles. The Morgan fingerprint density at radius 1 is 1.20 bits per heavy atom. The van der Waals surface area contributed by atoms with E-state index < -0.39 is 0 Å². The van der Waals surface area contributed by atoms with Gasteiger partial charge < -0.3 is 10.6 Å². The molecular formula is C16H25FN2O. The van der Waals surface area contributed by atoms with Gasteiger partial charge in [-0.2, -0.15) is 0 Å². The van der Waals surface area contributed by atoms with Gasteiger partial charge in [-0.05, 0) is 44.0 Å². The number of rotatable bonds is 8. The molecule has 1 unspecified atom stereocenters. The molecule has 1 aromatic carbocycles. The zero-order valence-corrected chi connectivity index (χ0v) is 12.6. The quantitative estimate of drug-likeness (QED) is 0.719. The predicted octanol–water partition coefficient (Wildman–Crippen LogP) is 2.65. The molecule has 4 heteroatoms. The minimum absolute atomic E-state index is 0.0611. The van der Waals surface area contributed by atoms with E-state index >= 15 is 0 Å². The van der Waals surface area contributed by atoms with Crippen molar-refractivity contribution in [2.75, 3.05) is 6.54 Å². The van der Waals surface area contributed by atoms with Gasteiger partial charge in [0.1, 0.15) is 5.82 Å². The Hall–Kier alpha value is -1.42. The molecule has 0 saturated carbocycles. The minimum atomic E-state index is -0.233. The van der Waals surface area contributed by atoms with E-state index in [1.165, 1.54) is 12.1 Å². The van der Waals surface area contributed by atoms with E-state index in [4.69, 9.17) is 0 Å². The van der Waals surface area contributed by atoms with Crippen LogP contribution in [0.15, 0.2) is 24.3 Å². The summed E-state index contributed by atoms with van der Waals surface area (Å²) in [4.78, 5) is 11.7. The Balaban J connectivity index is 2.22. The molecule has 0 spiro atoms. The molecule has 0 saturated heterocycles. The molecule has 0 aliphatic rings. The van der Waals surface area contributed by atoms with Gasteiger partial charge >= 0.3 is 0 Å². The Labute approximate surface area is 121 Å². The van der Waals surface area contributed by atoms with Gasteiger partial charge in [-0.1, -0.05) is 26.0 Å². The highest BCUT2D eigenvalue weighted by atomic mass is 19.1. The van der Waals surface area contributed by atoms with Crippen LogP contribution in [0.5, 0.6) is 0 Å². The van der Waals surface area contributed by atoms with Crippen LogP contribution >= 0.6 is 0 Å². The van der Waals surface area contributed by atoms with Crippen molar-refractivity contribution in [3.8, 4) is 0 Å². The fraction of sp³-hybridized carbons (Fsp3) is 0.562. The van der Waals surface area contributed by atoms with Crippen molar-refractivity contribution in [3.05, 3.63) is 35.6 Å². The summed E-state index contributed by atoms with van der Waals surface area (Å²) in [6, 6.07) is 6.92. The summed E-state index contributed by atoms with van der Waals surface area (Å²) in [5, 5.41) is 6.25. The Morgan fingerprint density at radius 3 is 2.45 bits per heavy atom. The lowest BCUT2D eigenvalue weighted by Gasteiger charge is -2.14. The van der Waals surface area contributed by atoms with E-state index in [1.807, 2.05) is 6.92 Å². The van der Waals surface area contributed by atoms with Crippen molar-refractivity contribution in [1.82, 2.24) is 10.6 Å². The summed E-state index contributed by atoms with van der Waals surface area (Å²) in [6.45, 7) is 7.00. The third kappa shape index (κ3) is 7.24. The van der Waals surface area contributed by atoms with Gasteiger partial charge in [0.25, 0.3) is 0 Å². The maximum atomic E-state index is 12.8. The molecule has 20 heavy (non-hydrogen) atoms. The molecule has 112 valence electrons. The number of hydrogen-bond donors (Lipinski definition) is 2. The molecule has 0 heterocycles. The molecule has 1 aromatic rings. The first kappa shape index (κ1) is 16.6.